The number of hydrogen-bond acceptors (Lipinski definition) is 9. The van der Waals surface area contributed by atoms with Crippen molar-refractivity contribution in [3.8, 4) is 0 Å². The van der Waals surface area contributed by atoms with E-state index in [-0.39, 0.29) is 20.9 Å². The number of anilines is 1. The third-order valence-electron chi connectivity index (χ3n) is 5.26. The molecule has 2 atom stereocenters. The third-order valence-corrected chi connectivity index (χ3v) is 7.62. The van der Waals surface area contributed by atoms with E-state index in [1.54, 1.807) is 0 Å². The fourth-order valence-electron chi connectivity index (χ4n) is 3.74. The molecule has 1 fully saturated rings. The van der Waals surface area contributed by atoms with Crippen molar-refractivity contribution in [1.29, 1.82) is 0 Å². The Kier molecular flexibility index (Phi) is 6.28. The maximum Gasteiger partial charge on any atom is 0.353 e. The van der Waals surface area contributed by atoms with Gasteiger partial charge < -0.3 is 21.4 Å². The van der Waals surface area contributed by atoms with Crippen LogP contribution in [0.15, 0.2) is 45.2 Å². The number of oxime groups is 1. The van der Waals surface area contributed by atoms with E-state index in [9.17, 15) is 24.7 Å². The molecule has 33 heavy (non-hydrogen) atoms. The molecule has 2 aliphatic heterocycles. The van der Waals surface area contributed by atoms with Gasteiger partial charge in [-0.1, -0.05) is 28.1 Å². The van der Waals surface area contributed by atoms with Crippen LogP contribution < -0.4 is 15.6 Å². The second kappa shape index (κ2) is 9.00. The minimum atomic E-state index is -1.22. The molecule has 1 saturated heterocycles. The highest BCUT2D eigenvalue weighted by Gasteiger charge is 2.54. The van der Waals surface area contributed by atoms with Crippen LogP contribution in [0.2, 0.25) is 4.34 Å². The molecule has 11 nitrogen and oxygen atoms in total. The average Bonchev–Trinajstić information content (AvgIpc) is 3.11. The highest BCUT2D eigenvalue weighted by atomic mass is 35.5. The molecule has 4 rings (SSSR count). The van der Waals surface area contributed by atoms with E-state index in [4.69, 9.17) is 17.3 Å². The Hall–Kier alpha value is -3.16. The first kappa shape index (κ1) is 23.0. The Balaban J connectivity index is 1.55. The van der Waals surface area contributed by atoms with Gasteiger partial charge in [-0.15, -0.1) is 0 Å². The van der Waals surface area contributed by atoms with Gasteiger partial charge in [0.05, 0.1) is 6.04 Å². The average molecular weight is 510 g/mol. The van der Waals surface area contributed by atoms with Crippen molar-refractivity contribution in [3.63, 3.8) is 0 Å². The van der Waals surface area contributed by atoms with Crippen molar-refractivity contribution in [3.05, 3.63) is 45.0 Å². The molecule has 0 saturated carbocycles. The van der Waals surface area contributed by atoms with Crippen LogP contribution in [0.5, 0.6) is 0 Å². The highest BCUT2D eigenvalue weighted by molar-refractivity contribution is 8.03. The minimum absolute atomic E-state index is 0.0570. The van der Waals surface area contributed by atoms with Crippen molar-refractivity contribution in [2.45, 2.75) is 30.0 Å². The van der Waals surface area contributed by atoms with Crippen LogP contribution in [0.3, 0.4) is 0 Å². The van der Waals surface area contributed by atoms with E-state index < -0.39 is 35.6 Å². The first-order chi connectivity index (χ1) is 15.7. The van der Waals surface area contributed by atoms with Crippen LogP contribution in [-0.4, -0.2) is 55.8 Å². The summed E-state index contributed by atoms with van der Waals surface area (Å²) in [6.45, 7) is 0. The summed E-state index contributed by atoms with van der Waals surface area (Å²) in [6, 6.07) is 4.04. The molecule has 172 valence electrons. The number of carboxylic acid groups (broad SMARTS) is 1. The fraction of sp³-hybridized carbons (Fsp3) is 0.263. The standard InChI is InChI=1S/C19H17ClN6O5S2/c1-25-7-3-2-4-10(25)32-9-6-5-8-11(17(28)26(8)14(9)18(29)30)22-16(27)13(24-31)12-15(20)33-19(21)23-12/h2-4,7-8,11H,5-6H2,1H3,(H4-,21,22,23,27,29,30,31)/p+1. The van der Waals surface area contributed by atoms with E-state index >= 15 is 0 Å². The molecule has 0 bridgehead atoms. The number of nitrogens with zero attached hydrogens (tertiary/aromatic N) is 4. The van der Waals surface area contributed by atoms with Crippen LogP contribution in [-0.2, 0) is 21.4 Å². The number of hydrogen-bond donors (Lipinski definition) is 4. The number of nitrogens with one attached hydrogen (secondary N) is 1. The largest absolute Gasteiger partial charge is 0.477 e. The van der Waals surface area contributed by atoms with Crippen LogP contribution in [0.4, 0.5) is 5.13 Å². The zero-order valence-corrected chi connectivity index (χ0v) is 19.4. The Morgan fingerprint density at radius 3 is 2.82 bits per heavy atom. The summed E-state index contributed by atoms with van der Waals surface area (Å²) in [6.07, 6.45) is 2.71. The van der Waals surface area contributed by atoms with Gasteiger partial charge >= 0.3 is 5.97 Å². The van der Waals surface area contributed by atoms with Crippen molar-refractivity contribution in [2.24, 2.45) is 12.2 Å². The predicted octanol–water partition coefficient (Wildman–Crippen LogP) is 0.959. The van der Waals surface area contributed by atoms with Gasteiger partial charge in [0.2, 0.25) is 5.03 Å². The normalized spacial score (nSPS) is 20.4. The zero-order valence-electron chi connectivity index (χ0n) is 17.1. The van der Waals surface area contributed by atoms with Crippen molar-refractivity contribution < 1.29 is 29.3 Å². The molecule has 14 heteroatoms. The maximum atomic E-state index is 12.9. The fourth-order valence-corrected chi connectivity index (χ4v) is 5.78. The number of β-lactam (4-membered cyclic amide) rings is 1. The van der Waals surface area contributed by atoms with Crippen molar-refractivity contribution in [1.82, 2.24) is 15.2 Å². The van der Waals surface area contributed by atoms with Gasteiger partial charge in [-0.2, -0.15) is 4.57 Å². The summed E-state index contributed by atoms with van der Waals surface area (Å²) in [5, 5.41) is 25.5. The maximum absolute atomic E-state index is 12.9. The summed E-state index contributed by atoms with van der Waals surface area (Å²) in [5.41, 5.74) is 4.88. The van der Waals surface area contributed by atoms with Gasteiger partial charge in [-0.05, 0) is 30.7 Å². The first-order valence-electron chi connectivity index (χ1n) is 9.60. The van der Waals surface area contributed by atoms with Gasteiger partial charge in [0.15, 0.2) is 17.0 Å². The number of nitrogen functional groups attached to an aromatic ring is 1. The Bertz CT molecular complexity index is 1230. The molecule has 2 aromatic heterocycles. The number of halogens is 1. The number of fused-ring (bicyclic) bond motifs is 1. The van der Waals surface area contributed by atoms with E-state index in [1.165, 1.54) is 16.7 Å². The number of carbonyl (C=O) groups excluding carboxylic acids is 2. The zero-order chi connectivity index (χ0) is 23.9. The highest BCUT2D eigenvalue weighted by Crippen LogP contribution is 2.42. The van der Waals surface area contributed by atoms with Crippen LogP contribution in [0.25, 0.3) is 0 Å². The molecule has 0 radical (unpaired) electrons. The number of rotatable bonds is 6. The molecule has 0 aliphatic carbocycles. The van der Waals surface area contributed by atoms with Crippen LogP contribution in [0, 0.1) is 0 Å². The van der Waals surface area contributed by atoms with E-state index in [0.717, 1.165) is 16.4 Å². The molecular weight excluding hydrogens is 492 g/mol. The number of aryl methyl sites for hydroxylation is 1. The van der Waals surface area contributed by atoms with Crippen LogP contribution in [0.1, 0.15) is 18.5 Å². The first-order valence-corrected chi connectivity index (χ1v) is 11.6. The third kappa shape index (κ3) is 4.14. The summed E-state index contributed by atoms with van der Waals surface area (Å²) in [7, 11) is 1.85. The number of aromatic nitrogens is 2. The van der Waals surface area contributed by atoms with Crippen molar-refractivity contribution >= 4 is 63.3 Å². The lowest BCUT2D eigenvalue weighted by Crippen LogP contribution is -2.72. The molecule has 4 heterocycles. The topological polar surface area (TPSA) is 162 Å². The molecule has 2 aromatic rings. The summed E-state index contributed by atoms with van der Waals surface area (Å²) < 4.78 is 1.91. The van der Waals surface area contributed by atoms with E-state index in [0.29, 0.717) is 17.7 Å². The number of carboxylic acids is 1. The van der Waals surface area contributed by atoms with Crippen LogP contribution >= 0.6 is 34.7 Å². The smallest absolute Gasteiger partial charge is 0.353 e. The lowest BCUT2D eigenvalue weighted by atomic mass is 9.86. The van der Waals surface area contributed by atoms with Gasteiger partial charge in [0, 0.05) is 17.0 Å². The monoisotopic (exact) mass is 509 g/mol. The Morgan fingerprint density at radius 2 is 2.21 bits per heavy atom. The van der Waals surface area contributed by atoms with Crippen molar-refractivity contribution in [2.75, 3.05) is 5.73 Å². The summed E-state index contributed by atoms with van der Waals surface area (Å²) in [4.78, 5) is 43.2. The molecule has 2 unspecified atom stereocenters. The van der Waals surface area contributed by atoms with Gasteiger partial charge in [0.1, 0.15) is 28.8 Å². The Labute approximate surface area is 200 Å². The number of carbonyl (C=O) groups is 3. The number of amides is 2. The molecule has 5 N–H and O–H groups in total. The van der Waals surface area contributed by atoms with Gasteiger partial charge in [-0.25, -0.2) is 9.78 Å². The number of allylic oxidation sites excluding steroid dienone is 1. The Morgan fingerprint density at radius 1 is 1.45 bits per heavy atom. The summed E-state index contributed by atoms with van der Waals surface area (Å²) in [5.74, 6) is -2.66. The molecule has 0 aromatic carbocycles. The molecule has 0 spiro atoms. The lowest BCUT2D eigenvalue weighted by Gasteiger charge is -2.49. The van der Waals surface area contributed by atoms with E-state index in [1.807, 2.05) is 36.0 Å². The number of pyridine rings is 1. The lowest BCUT2D eigenvalue weighted by molar-refractivity contribution is -0.708. The van der Waals surface area contributed by atoms with Gasteiger partial charge in [-0.3, -0.25) is 14.5 Å². The quantitative estimate of drug-likeness (QED) is 0.147. The predicted molar refractivity (Wildman–Crippen MR) is 120 cm³/mol. The number of nitrogens with two attached hydrogens (primary N) is 1. The SMILES string of the molecule is C[n+]1ccccc1SC1=C(C(=O)O)N2C(=O)C(NC(=O)/C(=N\O)c3nc(N)sc3Cl)C2CC1. The second-order valence-electron chi connectivity index (χ2n) is 7.22. The number of thiazole rings is 1. The molecule has 2 aliphatic rings. The molecular formula is C19H18ClN6O5S2+. The summed E-state index contributed by atoms with van der Waals surface area (Å²) >= 11 is 8.18. The number of thioether (sulfide) groups is 1. The molecule has 2 amide bonds. The van der Waals surface area contributed by atoms with Gasteiger partial charge in [0.25, 0.3) is 11.8 Å². The minimum Gasteiger partial charge on any atom is -0.477 e. The second-order valence-corrected chi connectivity index (χ2v) is 9.97. The van der Waals surface area contributed by atoms with E-state index in [2.05, 4.69) is 15.5 Å². The number of aliphatic carboxylic acids is 1.